The number of nitrogens with zero attached hydrogens (tertiary/aromatic N) is 4. The number of sulfonamides is 1. The Morgan fingerprint density at radius 1 is 1.20 bits per heavy atom. The van der Waals surface area contributed by atoms with Crippen molar-refractivity contribution in [2.75, 3.05) is 19.5 Å². The summed E-state index contributed by atoms with van der Waals surface area (Å²) < 4.78 is 37.8. The zero-order valence-corrected chi connectivity index (χ0v) is 14.9. The van der Waals surface area contributed by atoms with Crippen LogP contribution in [0.15, 0.2) is 23.6 Å². The van der Waals surface area contributed by atoms with Gasteiger partial charge in [0.15, 0.2) is 0 Å². The van der Waals surface area contributed by atoms with Crippen LogP contribution in [0.3, 0.4) is 0 Å². The van der Waals surface area contributed by atoms with E-state index in [1.54, 1.807) is 13.8 Å². The molecule has 2 aromatic heterocycles. The molecule has 2 N–H and O–H groups in total. The highest BCUT2D eigenvalue weighted by Gasteiger charge is 2.24. The second-order valence-electron chi connectivity index (χ2n) is 5.05. The molecule has 0 radical (unpaired) electrons. The maximum absolute atomic E-state index is 12.3. The Balaban J connectivity index is 2.18. The summed E-state index contributed by atoms with van der Waals surface area (Å²) in [5, 5.41) is 1.93. The lowest BCUT2D eigenvalue weighted by Crippen LogP contribution is -2.36. The first kappa shape index (κ1) is 18.4. The molecule has 0 saturated heterocycles. The minimum absolute atomic E-state index is 0.139. The van der Waals surface area contributed by atoms with E-state index < -0.39 is 16.1 Å². The molecule has 25 heavy (non-hydrogen) atoms. The van der Waals surface area contributed by atoms with E-state index in [1.807, 2.05) is 4.72 Å². The molecule has 0 aliphatic heterocycles. The van der Waals surface area contributed by atoms with Gasteiger partial charge in [-0.3, -0.25) is 5.32 Å². The molecule has 12 heteroatoms. The van der Waals surface area contributed by atoms with E-state index in [1.165, 1.54) is 37.2 Å². The van der Waals surface area contributed by atoms with Crippen LogP contribution in [0.1, 0.15) is 19.9 Å². The molecular weight excluding hydrogens is 352 g/mol. The number of carbonyl (C=O) groups excluding carboxylic acids is 1. The third-order valence-corrected chi connectivity index (χ3v) is 4.23. The molecule has 0 saturated carbocycles. The number of carbonyl (C=O) groups is 1. The van der Waals surface area contributed by atoms with E-state index >= 15 is 0 Å². The van der Waals surface area contributed by atoms with Gasteiger partial charge in [0.1, 0.15) is 0 Å². The molecule has 0 spiro atoms. The Morgan fingerprint density at radius 3 is 2.32 bits per heavy atom. The van der Waals surface area contributed by atoms with Gasteiger partial charge in [0, 0.05) is 18.4 Å². The van der Waals surface area contributed by atoms with Gasteiger partial charge < -0.3 is 14.0 Å². The molecule has 0 bridgehead atoms. The number of aromatic nitrogens is 4. The van der Waals surface area contributed by atoms with Crippen molar-refractivity contribution in [2.24, 2.45) is 0 Å². The second kappa shape index (κ2) is 7.34. The molecule has 0 fully saturated rings. The molecular formula is C13H18N6O5S. The van der Waals surface area contributed by atoms with Crippen LogP contribution in [0.25, 0.3) is 0 Å². The molecule has 2 amide bonds. The van der Waals surface area contributed by atoms with Gasteiger partial charge in [-0.05, 0) is 13.8 Å². The molecule has 0 aliphatic rings. The maximum Gasteiger partial charge on any atom is 0.335 e. The normalized spacial score (nSPS) is 11.2. The van der Waals surface area contributed by atoms with Gasteiger partial charge in [0.2, 0.25) is 22.9 Å². The van der Waals surface area contributed by atoms with E-state index in [0.717, 1.165) is 0 Å². The van der Waals surface area contributed by atoms with Gasteiger partial charge in [0.05, 0.1) is 20.3 Å². The van der Waals surface area contributed by atoms with Crippen LogP contribution < -0.4 is 19.5 Å². The molecule has 2 heterocycles. The summed E-state index contributed by atoms with van der Waals surface area (Å²) in [6.07, 6.45) is 2.84. The van der Waals surface area contributed by atoms with Crippen molar-refractivity contribution in [1.29, 1.82) is 0 Å². The van der Waals surface area contributed by atoms with Crippen LogP contribution in [-0.2, 0) is 10.0 Å². The number of rotatable bonds is 6. The standard InChI is InChI=1S/C13H18N6O5S/c1-8(2)19-6-5-14-13(19)25(21,22)18-12(20)17-11-15-9(23-3)7-10(16-11)24-4/h5-8H,1-4H3,(H2,15,16,17,18,20). The van der Waals surface area contributed by atoms with Crippen molar-refractivity contribution in [2.45, 2.75) is 25.0 Å². The molecule has 11 nitrogen and oxygen atoms in total. The lowest BCUT2D eigenvalue weighted by atomic mass is 10.4. The monoisotopic (exact) mass is 370 g/mol. The van der Waals surface area contributed by atoms with Gasteiger partial charge in [-0.2, -0.15) is 18.4 Å². The van der Waals surface area contributed by atoms with Crippen LogP contribution in [-0.4, -0.2) is 48.2 Å². The number of urea groups is 1. The number of hydrogen-bond acceptors (Lipinski definition) is 8. The number of nitrogens with one attached hydrogen (secondary N) is 2. The van der Waals surface area contributed by atoms with Crippen molar-refractivity contribution in [3.8, 4) is 11.8 Å². The number of anilines is 1. The minimum Gasteiger partial charge on any atom is -0.481 e. The lowest BCUT2D eigenvalue weighted by Gasteiger charge is -2.12. The average Bonchev–Trinajstić information content (AvgIpc) is 3.04. The number of imidazole rings is 1. The quantitative estimate of drug-likeness (QED) is 0.761. The van der Waals surface area contributed by atoms with Gasteiger partial charge in [-0.1, -0.05) is 0 Å². The van der Waals surface area contributed by atoms with Crippen LogP contribution in [0, 0.1) is 0 Å². The highest BCUT2D eigenvalue weighted by Crippen LogP contribution is 2.17. The highest BCUT2D eigenvalue weighted by atomic mass is 32.2. The predicted octanol–water partition coefficient (Wildman–Crippen LogP) is 0.782. The largest absolute Gasteiger partial charge is 0.481 e. The van der Waals surface area contributed by atoms with Crippen molar-refractivity contribution in [3.05, 3.63) is 18.5 Å². The summed E-state index contributed by atoms with van der Waals surface area (Å²) in [6.45, 7) is 3.58. The van der Waals surface area contributed by atoms with Gasteiger partial charge in [-0.25, -0.2) is 14.5 Å². The third kappa shape index (κ3) is 4.35. The fraction of sp³-hybridized carbons (Fsp3) is 0.385. The number of hydrogen-bond donors (Lipinski definition) is 2. The Labute approximate surface area is 144 Å². The van der Waals surface area contributed by atoms with Gasteiger partial charge in [0.25, 0.3) is 10.0 Å². The molecule has 136 valence electrons. The minimum atomic E-state index is -4.17. The molecule has 0 unspecified atom stereocenters. The number of methoxy groups -OCH3 is 2. The van der Waals surface area contributed by atoms with E-state index in [2.05, 4.69) is 20.3 Å². The Kier molecular flexibility index (Phi) is 5.41. The molecule has 0 atom stereocenters. The molecule has 0 aromatic carbocycles. The third-order valence-electron chi connectivity index (χ3n) is 2.98. The summed E-state index contributed by atoms with van der Waals surface area (Å²) in [5.74, 6) is 0.0943. The first-order valence-corrected chi connectivity index (χ1v) is 8.59. The highest BCUT2D eigenvalue weighted by molar-refractivity contribution is 7.89. The maximum atomic E-state index is 12.3. The Bertz CT molecular complexity index is 841. The summed E-state index contributed by atoms with van der Waals surface area (Å²) in [7, 11) is -1.42. The van der Waals surface area contributed by atoms with Crippen molar-refractivity contribution in [1.82, 2.24) is 24.2 Å². The SMILES string of the molecule is COc1cc(OC)nc(NC(=O)NS(=O)(=O)c2nccn2C(C)C)n1. The second-order valence-corrected chi connectivity index (χ2v) is 6.62. The van der Waals surface area contributed by atoms with E-state index in [0.29, 0.717) is 0 Å². The zero-order chi connectivity index (χ0) is 18.6. The fourth-order valence-electron chi connectivity index (χ4n) is 1.86. The van der Waals surface area contributed by atoms with Crippen molar-refractivity contribution in [3.63, 3.8) is 0 Å². The van der Waals surface area contributed by atoms with Crippen molar-refractivity contribution < 1.29 is 22.7 Å². The smallest absolute Gasteiger partial charge is 0.335 e. The topological polar surface area (TPSA) is 137 Å². The van der Waals surface area contributed by atoms with Gasteiger partial charge in [-0.15, -0.1) is 0 Å². The zero-order valence-electron chi connectivity index (χ0n) is 14.0. The van der Waals surface area contributed by atoms with Crippen LogP contribution in [0.4, 0.5) is 10.7 Å². The predicted molar refractivity (Wildman–Crippen MR) is 87.1 cm³/mol. The number of amides is 2. The van der Waals surface area contributed by atoms with E-state index in [-0.39, 0.29) is 28.9 Å². The van der Waals surface area contributed by atoms with E-state index in [9.17, 15) is 13.2 Å². The first-order chi connectivity index (χ1) is 11.8. The molecule has 0 aliphatic carbocycles. The van der Waals surface area contributed by atoms with Crippen LogP contribution in [0.5, 0.6) is 11.8 Å². The Hall–Kier alpha value is -2.89. The summed E-state index contributed by atoms with van der Waals surface area (Å²) >= 11 is 0. The summed E-state index contributed by atoms with van der Waals surface area (Å²) in [5.41, 5.74) is 0. The first-order valence-electron chi connectivity index (χ1n) is 7.10. The van der Waals surface area contributed by atoms with E-state index in [4.69, 9.17) is 9.47 Å². The number of ether oxygens (including phenoxy) is 2. The Morgan fingerprint density at radius 2 is 1.80 bits per heavy atom. The van der Waals surface area contributed by atoms with Crippen molar-refractivity contribution >= 4 is 22.0 Å². The molecule has 2 rings (SSSR count). The van der Waals surface area contributed by atoms with Gasteiger partial charge >= 0.3 is 6.03 Å². The van der Waals surface area contributed by atoms with Crippen LogP contribution >= 0.6 is 0 Å². The average molecular weight is 370 g/mol. The lowest BCUT2D eigenvalue weighted by molar-refractivity contribution is 0.256. The summed E-state index contributed by atoms with van der Waals surface area (Å²) in [4.78, 5) is 23.5. The molecule has 2 aromatic rings. The van der Waals surface area contributed by atoms with Crippen LogP contribution in [0.2, 0.25) is 0 Å². The summed E-state index contributed by atoms with van der Waals surface area (Å²) in [6, 6.07) is 0.205. The fourth-order valence-corrected chi connectivity index (χ4v) is 3.00.